The molecule has 0 aliphatic carbocycles. The largest absolute Gasteiger partial charge is 0.398 e. The number of nitrogens with one attached hydrogen (secondary N) is 1. The average molecular weight is 321 g/mol. The van der Waals surface area contributed by atoms with E-state index in [-0.39, 0.29) is 0 Å². The third-order valence-electron chi connectivity index (χ3n) is 4.66. The number of hydrogen-bond acceptors (Lipinski definition) is 4. The van der Waals surface area contributed by atoms with Crippen molar-refractivity contribution in [2.24, 2.45) is 0 Å². The molecule has 22 heavy (non-hydrogen) atoms. The Balaban J connectivity index is 1.74. The van der Waals surface area contributed by atoms with Crippen molar-refractivity contribution < 1.29 is 4.79 Å². The number of nitrogens with zero attached hydrogens (tertiary/aromatic N) is 2. The first-order valence-corrected chi connectivity index (χ1v) is 8.12. The standard InChI is InChI=1S/C16H21ClN4O/c17-11-8-14(19)13(10-18)15(9-11)20-6-3-12(4-7-20)21-5-1-2-16(21)22/h8-10,12,18H,1-7,19H2. The predicted octanol–water partition coefficient (Wildman–Crippen LogP) is 2.51. The monoisotopic (exact) mass is 320 g/mol. The Morgan fingerprint density at radius 3 is 2.59 bits per heavy atom. The minimum atomic E-state index is 0.297. The highest BCUT2D eigenvalue weighted by molar-refractivity contribution is 6.31. The van der Waals surface area contributed by atoms with Crippen molar-refractivity contribution >= 4 is 35.1 Å². The number of nitrogen functional groups attached to an aromatic ring is 1. The third kappa shape index (κ3) is 2.77. The number of halogens is 1. The van der Waals surface area contributed by atoms with Gasteiger partial charge < -0.3 is 20.9 Å². The van der Waals surface area contributed by atoms with Crippen LogP contribution in [0.1, 0.15) is 31.2 Å². The maximum atomic E-state index is 11.9. The molecule has 1 amide bonds. The summed E-state index contributed by atoms with van der Waals surface area (Å²) in [7, 11) is 0. The fourth-order valence-corrected chi connectivity index (χ4v) is 3.74. The number of nitrogens with two attached hydrogens (primary N) is 1. The van der Waals surface area contributed by atoms with Gasteiger partial charge in [0.05, 0.1) is 0 Å². The summed E-state index contributed by atoms with van der Waals surface area (Å²) in [5.74, 6) is 0.297. The van der Waals surface area contributed by atoms with Crippen LogP contribution in [0.4, 0.5) is 11.4 Å². The molecule has 0 unspecified atom stereocenters. The molecule has 0 aromatic heterocycles. The van der Waals surface area contributed by atoms with E-state index in [0.717, 1.165) is 50.1 Å². The van der Waals surface area contributed by atoms with Crippen LogP contribution >= 0.6 is 11.6 Å². The van der Waals surface area contributed by atoms with E-state index in [2.05, 4.69) is 4.90 Å². The van der Waals surface area contributed by atoms with Crippen LogP contribution in [0, 0.1) is 5.41 Å². The molecule has 3 N–H and O–H groups in total. The maximum Gasteiger partial charge on any atom is 0.222 e. The van der Waals surface area contributed by atoms with Gasteiger partial charge in [0.15, 0.2) is 0 Å². The highest BCUT2D eigenvalue weighted by Crippen LogP contribution is 2.32. The van der Waals surface area contributed by atoms with Gasteiger partial charge in [0.25, 0.3) is 0 Å². The second kappa shape index (κ2) is 6.16. The second-order valence-corrected chi connectivity index (χ2v) is 6.42. The van der Waals surface area contributed by atoms with E-state index in [0.29, 0.717) is 29.1 Å². The zero-order valence-corrected chi connectivity index (χ0v) is 13.3. The summed E-state index contributed by atoms with van der Waals surface area (Å²) in [4.78, 5) is 16.1. The molecule has 2 aliphatic heterocycles. The Hall–Kier alpha value is -1.75. The summed E-state index contributed by atoms with van der Waals surface area (Å²) in [5, 5.41) is 8.18. The Morgan fingerprint density at radius 2 is 2.00 bits per heavy atom. The number of carbonyl (C=O) groups is 1. The van der Waals surface area contributed by atoms with Crippen molar-refractivity contribution in [2.45, 2.75) is 31.7 Å². The number of hydrogen-bond donors (Lipinski definition) is 2. The van der Waals surface area contributed by atoms with Gasteiger partial charge in [0.1, 0.15) is 0 Å². The number of benzene rings is 1. The van der Waals surface area contributed by atoms with Crippen LogP contribution in [0.25, 0.3) is 0 Å². The summed E-state index contributed by atoms with van der Waals surface area (Å²) >= 11 is 6.12. The minimum absolute atomic E-state index is 0.297. The zero-order valence-electron chi connectivity index (χ0n) is 12.5. The van der Waals surface area contributed by atoms with Crippen molar-refractivity contribution in [1.29, 1.82) is 5.41 Å². The van der Waals surface area contributed by atoms with Gasteiger partial charge in [0, 0.05) is 60.3 Å². The Labute approximate surface area is 135 Å². The number of rotatable bonds is 3. The molecular weight excluding hydrogens is 300 g/mol. The molecule has 1 aromatic rings. The summed E-state index contributed by atoms with van der Waals surface area (Å²) in [5.41, 5.74) is 8.15. The molecule has 2 aliphatic rings. The average Bonchev–Trinajstić information content (AvgIpc) is 2.93. The van der Waals surface area contributed by atoms with Gasteiger partial charge >= 0.3 is 0 Å². The third-order valence-corrected chi connectivity index (χ3v) is 4.87. The van der Waals surface area contributed by atoms with Crippen LogP contribution in [0.5, 0.6) is 0 Å². The highest BCUT2D eigenvalue weighted by Gasteiger charge is 2.31. The molecule has 0 atom stereocenters. The summed E-state index contributed by atoms with van der Waals surface area (Å²) in [6.07, 6.45) is 4.88. The Bertz CT molecular complexity index is 596. The maximum absolute atomic E-state index is 11.9. The van der Waals surface area contributed by atoms with E-state index in [1.807, 2.05) is 11.0 Å². The Kier molecular flexibility index (Phi) is 4.25. The van der Waals surface area contributed by atoms with Crippen molar-refractivity contribution in [2.75, 3.05) is 30.3 Å². The van der Waals surface area contributed by atoms with Gasteiger partial charge in [-0.1, -0.05) is 11.6 Å². The lowest BCUT2D eigenvalue weighted by Gasteiger charge is -2.38. The topological polar surface area (TPSA) is 73.4 Å². The lowest BCUT2D eigenvalue weighted by atomic mass is 10.0. The zero-order chi connectivity index (χ0) is 15.7. The number of amides is 1. The molecule has 3 rings (SSSR count). The van der Waals surface area contributed by atoms with Crippen LogP contribution in [-0.4, -0.2) is 42.7 Å². The molecule has 2 saturated heterocycles. The molecule has 5 nitrogen and oxygen atoms in total. The Morgan fingerprint density at radius 1 is 1.27 bits per heavy atom. The van der Waals surface area contributed by atoms with Gasteiger partial charge in [-0.3, -0.25) is 4.79 Å². The fraction of sp³-hybridized carbons (Fsp3) is 0.500. The molecule has 1 aromatic carbocycles. The van der Waals surface area contributed by atoms with Crippen LogP contribution in [-0.2, 0) is 4.79 Å². The van der Waals surface area contributed by atoms with Crippen molar-refractivity contribution in [3.8, 4) is 0 Å². The van der Waals surface area contributed by atoms with Crippen LogP contribution in [0.15, 0.2) is 12.1 Å². The number of anilines is 2. The molecule has 0 bridgehead atoms. The molecule has 2 heterocycles. The quantitative estimate of drug-likeness (QED) is 0.664. The first kappa shape index (κ1) is 15.2. The van der Waals surface area contributed by atoms with E-state index in [4.69, 9.17) is 22.7 Å². The molecule has 0 saturated carbocycles. The second-order valence-electron chi connectivity index (χ2n) is 5.98. The highest BCUT2D eigenvalue weighted by atomic mass is 35.5. The van der Waals surface area contributed by atoms with Gasteiger partial charge in [0.2, 0.25) is 5.91 Å². The first-order chi connectivity index (χ1) is 10.6. The lowest BCUT2D eigenvalue weighted by Crippen LogP contribution is -2.45. The van der Waals surface area contributed by atoms with Gasteiger partial charge in [-0.2, -0.15) is 0 Å². The SMILES string of the molecule is N=Cc1c(N)cc(Cl)cc1N1CCC(N2CCCC2=O)CC1. The van der Waals surface area contributed by atoms with Crippen molar-refractivity contribution in [3.63, 3.8) is 0 Å². The number of carbonyl (C=O) groups excluding carboxylic acids is 1. The summed E-state index contributed by atoms with van der Waals surface area (Å²) < 4.78 is 0. The predicted molar refractivity (Wildman–Crippen MR) is 89.9 cm³/mol. The summed E-state index contributed by atoms with van der Waals surface area (Å²) in [6.45, 7) is 2.61. The first-order valence-electron chi connectivity index (χ1n) is 7.74. The van der Waals surface area contributed by atoms with Gasteiger partial charge in [-0.15, -0.1) is 0 Å². The van der Waals surface area contributed by atoms with Crippen LogP contribution in [0.2, 0.25) is 5.02 Å². The molecule has 0 radical (unpaired) electrons. The molecule has 118 valence electrons. The summed E-state index contributed by atoms with van der Waals surface area (Å²) in [6, 6.07) is 3.91. The lowest BCUT2D eigenvalue weighted by molar-refractivity contribution is -0.130. The number of likely N-dealkylation sites (tertiary alicyclic amines) is 1. The van der Waals surface area contributed by atoms with Crippen molar-refractivity contribution in [3.05, 3.63) is 22.7 Å². The normalized spacial score (nSPS) is 19.8. The minimum Gasteiger partial charge on any atom is -0.398 e. The van der Waals surface area contributed by atoms with E-state index < -0.39 is 0 Å². The molecule has 0 spiro atoms. The van der Waals surface area contributed by atoms with Gasteiger partial charge in [-0.25, -0.2) is 0 Å². The fourth-order valence-electron chi connectivity index (χ4n) is 3.52. The van der Waals surface area contributed by atoms with E-state index in [1.165, 1.54) is 6.21 Å². The number of piperidine rings is 1. The molecule has 6 heteroatoms. The van der Waals surface area contributed by atoms with E-state index >= 15 is 0 Å². The van der Waals surface area contributed by atoms with E-state index in [9.17, 15) is 4.79 Å². The molecular formula is C16H21ClN4O. The molecule has 2 fully saturated rings. The van der Waals surface area contributed by atoms with E-state index in [1.54, 1.807) is 6.07 Å². The smallest absolute Gasteiger partial charge is 0.222 e. The van der Waals surface area contributed by atoms with Crippen molar-refractivity contribution in [1.82, 2.24) is 4.90 Å². The van der Waals surface area contributed by atoms with Gasteiger partial charge in [-0.05, 0) is 31.4 Å². The van der Waals surface area contributed by atoms with Crippen LogP contribution < -0.4 is 10.6 Å². The van der Waals surface area contributed by atoms with Crippen LogP contribution in [0.3, 0.4) is 0 Å².